The van der Waals surface area contributed by atoms with Gasteiger partial charge in [-0.05, 0) is 31.0 Å². The zero-order valence-corrected chi connectivity index (χ0v) is 11.2. The molecule has 4 nitrogen and oxygen atoms in total. The molecule has 0 atom stereocenters. The van der Waals surface area contributed by atoms with Crippen molar-refractivity contribution in [2.24, 2.45) is 5.92 Å². The summed E-state index contributed by atoms with van der Waals surface area (Å²) in [6, 6.07) is 4.90. The van der Waals surface area contributed by atoms with E-state index in [9.17, 15) is 9.90 Å². The minimum atomic E-state index is 0.101. The molecule has 0 radical (unpaired) electrons. The van der Waals surface area contributed by atoms with Gasteiger partial charge >= 0.3 is 0 Å². The molecule has 2 rings (SSSR count). The standard InChI is InChI=1S/C15H22N2O2/c16-13-7-8-14(18)12(9-13)10-17-15(19)11-5-3-1-2-4-6-11/h7-9,11,18H,1-6,10,16H2,(H,17,19). The van der Waals surface area contributed by atoms with E-state index in [1.807, 2.05) is 0 Å². The number of benzene rings is 1. The Kier molecular flexibility index (Phi) is 4.66. The summed E-state index contributed by atoms with van der Waals surface area (Å²) in [6.07, 6.45) is 6.71. The molecule has 4 N–H and O–H groups in total. The normalized spacial score (nSPS) is 16.8. The number of amides is 1. The van der Waals surface area contributed by atoms with Gasteiger partial charge in [-0.15, -0.1) is 0 Å². The van der Waals surface area contributed by atoms with Crippen LogP contribution in [0.1, 0.15) is 44.1 Å². The summed E-state index contributed by atoms with van der Waals surface area (Å²) >= 11 is 0. The van der Waals surface area contributed by atoms with Crippen LogP contribution in [0.3, 0.4) is 0 Å². The molecule has 0 unspecified atom stereocenters. The van der Waals surface area contributed by atoms with Gasteiger partial charge in [-0.25, -0.2) is 0 Å². The first kappa shape index (κ1) is 13.7. The molecule has 1 amide bonds. The predicted octanol–water partition coefficient (Wildman–Crippen LogP) is 2.56. The van der Waals surface area contributed by atoms with E-state index in [4.69, 9.17) is 5.73 Å². The Hall–Kier alpha value is -1.71. The smallest absolute Gasteiger partial charge is 0.223 e. The van der Waals surface area contributed by atoms with Crippen molar-refractivity contribution in [2.45, 2.75) is 45.1 Å². The highest BCUT2D eigenvalue weighted by molar-refractivity contribution is 5.78. The number of nitrogens with two attached hydrogens (primary N) is 1. The molecule has 0 aromatic heterocycles. The Morgan fingerprint density at radius 1 is 1.26 bits per heavy atom. The number of carbonyl (C=O) groups excluding carboxylic acids is 1. The van der Waals surface area contributed by atoms with Crippen molar-refractivity contribution in [3.8, 4) is 5.75 Å². The third-order valence-electron chi connectivity index (χ3n) is 3.78. The second-order valence-corrected chi connectivity index (χ2v) is 5.29. The second kappa shape index (κ2) is 6.45. The molecule has 1 aromatic carbocycles. The van der Waals surface area contributed by atoms with Gasteiger partial charge in [0.1, 0.15) is 5.75 Å². The first-order chi connectivity index (χ1) is 9.16. The Bertz CT molecular complexity index is 438. The number of carbonyl (C=O) groups is 1. The summed E-state index contributed by atoms with van der Waals surface area (Å²) in [5, 5.41) is 12.6. The average molecular weight is 262 g/mol. The van der Waals surface area contributed by atoms with Crippen LogP contribution in [0.25, 0.3) is 0 Å². The summed E-state index contributed by atoms with van der Waals surface area (Å²) in [5.74, 6) is 0.407. The lowest BCUT2D eigenvalue weighted by atomic mass is 9.99. The van der Waals surface area contributed by atoms with Crippen molar-refractivity contribution in [2.75, 3.05) is 5.73 Å². The summed E-state index contributed by atoms with van der Waals surface area (Å²) in [5.41, 5.74) is 6.94. The van der Waals surface area contributed by atoms with E-state index in [1.54, 1.807) is 18.2 Å². The van der Waals surface area contributed by atoms with Crippen molar-refractivity contribution in [3.05, 3.63) is 23.8 Å². The number of phenolic OH excluding ortho intramolecular Hbond substituents is 1. The van der Waals surface area contributed by atoms with E-state index < -0.39 is 0 Å². The van der Waals surface area contributed by atoms with Gasteiger partial charge in [-0.2, -0.15) is 0 Å². The van der Waals surface area contributed by atoms with Gasteiger partial charge < -0.3 is 16.2 Å². The van der Waals surface area contributed by atoms with Crippen molar-refractivity contribution in [3.63, 3.8) is 0 Å². The van der Waals surface area contributed by atoms with Crippen molar-refractivity contribution in [1.29, 1.82) is 0 Å². The van der Waals surface area contributed by atoms with Crippen LogP contribution < -0.4 is 11.1 Å². The maximum Gasteiger partial charge on any atom is 0.223 e. The fourth-order valence-electron chi connectivity index (χ4n) is 2.62. The van der Waals surface area contributed by atoms with Crippen molar-refractivity contribution in [1.82, 2.24) is 5.32 Å². The van der Waals surface area contributed by atoms with Crippen LogP contribution in [-0.4, -0.2) is 11.0 Å². The molecule has 4 heteroatoms. The average Bonchev–Trinajstić information content (AvgIpc) is 2.68. The maximum atomic E-state index is 12.1. The lowest BCUT2D eigenvalue weighted by Crippen LogP contribution is -2.30. The molecule has 1 aromatic rings. The van der Waals surface area contributed by atoms with Gasteiger partial charge in [-0.1, -0.05) is 25.7 Å². The van der Waals surface area contributed by atoms with Crippen LogP contribution in [0.4, 0.5) is 5.69 Å². The first-order valence-electron chi connectivity index (χ1n) is 7.02. The summed E-state index contributed by atoms with van der Waals surface area (Å²) in [6.45, 7) is 0.339. The van der Waals surface area contributed by atoms with Gasteiger partial charge in [0.2, 0.25) is 5.91 Å². The fourth-order valence-corrected chi connectivity index (χ4v) is 2.62. The molecule has 0 heterocycles. The fraction of sp³-hybridized carbons (Fsp3) is 0.533. The molecule has 19 heavy (non-hydrogen) atoms. The molecular formula is C15H22N2O2. The van der Waals surface area contributed by atoms with Crippen molar-refractivity contribution >= 4 is 11.6 Å². The Morgan fingerprint density at radius 3 is 2.63 bits per heavy atom. The van der Waals surface area contributed by atoms with E-state index >= 15 is 0 Å². The van der Waals surface area contributed by atoms with Crippen LogP contribution in [0.15, 0.2) is 18.2 Å². The monoisotopic (exact) mass is 262 g/mol. The highest BCUT2D eigenvalue weighted by Gasteiger charge is 2.19. The molecule has 0 bridgehead atoms. The quantitative estimate of drug-likeness (QED) is 0.445. The SMILES string of the molecule is Nc1ccc(O)c(CNC(=O)C2CCCCCC2)c1. The van der Waals surface area contributed by atoms with Crippen LogP contribution in [0, 0.1) is 5.92 Å². The Labute approximate surface area is 114 Å². The molecule has 1 fully saturated rings. The zero-order valence-electron chi connectivity index (χ0n) is 11.2. The number of hydrogen-bond acceptors (Lipinski definition) is 3. The minimum absolute atomic E-state index is 0.101. The molecular weight excluding hydrogens is 240 g/mol. The molecule has 1 aliphatic rings. The van der Waals surface area contributed by atoms with Gasteiger partial charge in [0, 0.05) is 23.7 Å². The lowest BCUT2D eigenvalue weighted by molar-refractivity contribution is -0.125. The summed E-state index contributed by atoms with van der Waals surface area (Å²) in [7, 11) is 0. The Morgan fingerprint density at radius 2 is 1.95 bits per heavy atom. The molecule has 0 saturated heterocycles. The van der Waals surface area contributed by atoms with Crippen molar-refractivity contribution < 1.29 is 9.90 Å². The number of anilines is 1. The molecule has 0 aliphatic heterocycles. The van der Waals surface area contributed by atoms with Crippen LogP contribution in [-0.2, 0) is 11.3 Å². The first-order valence-corrected chi connectivity index (χ1v) is 7.02. The van der Waals surface area contributed by atoms with Gasteiger partial charge in [-0.3, -0.25) is 4.79 Å². The molecule has 1 aliphatic carbocycles. The highest BCUT2D eigenvalue weighted by atomic mass is 16.3. The van der Waals surface area contributed by atoms with E-state index in [-0.39, 0.29) is 17.6 Å². The third-order valence-corrected chi connectivity index (χ3v) is 3.78. The largest absolute Gasteiger partial charge is 0.508 e. The third kappa shape index (κ3) is 3.88. The number of hydrogen-bond donors (Lipinski definition) is 3. The summed E-state index contributed by atoms with van der Waals surface area (Å²) < 4.78 is 0. The van der Waals surface area contributed by atoms with Gasteiger partial charge in [0.25, 0.3) is 0 Å². The number of rotatable bonds is 3. The molecule has 104 valence electrons. The zero-order chi connectivity index (χ0) is 13.7. The Balaban J connectivity index is 1.90. The maximum absolute atomic E-state index is 12.1. The van der Waals surface area contributed by atoms with E-state index in [0.29, 0.717) is 17.8 Å². The van der Waals surface area contributed by atoms with Crippen LogP contribution in [0.2, 0.25) is 0 Å². The number of nitrogens with one attached hydrogen (secondary N) is 1. The van der Waals surface area contributed by atoms with Gasteiger partial charge in [0.15, 0.2) is 0 Å². The van der Waals surface area contributed by atoms with Gasteiger partial charge in [0.05, 0.1) is 0 Å². The van der Waals surface area contributed by atoms with E-state index in [2.05, 4.69) is 5.32 Å². The predicted molar refractivity (Wildman–Crippen MR) is 75.6 cm³/mol. The van der Waals surface area contributed by atoms with Crippen LogP contribution in [0.5, 0.6) is 5.75 Å². The lowest BCUT2D eigenvalue weighted by Gasteiger charge is -2.14. The minimum Gasteiger partial charge on any atom is -0.508 e. The highest BCUT2D eigenvalue weighted by Crippen LogP contribution is 2.24. The number of aromatic hydroxyl groups is 1. The number of nitrogen functional groups attached to an aromatic ring is 1. The number of phenols is 1. The second-order valence-electron chi connectivity index (χ2n) is 5.29. The molecule has 0 spiro atoms. The van der Waals surface area contributed by atoms with E-state index in [0.717, 1.165) is 25.7 Å². The van der Waals surface area contributed by atoms with Crippen LogP contribution >= 0.6 is 0 Å². The molecule has 1 saturated carbocycles. The topological polar surface area (TPSA) is 75.3 Å². The summed E-state index contributed by atoms with van der Waals surface area (Å²) in [4.78, 5) is 12.1. The van der Waals surface area contributed by atoms with E-state index in [1.165, 1.54) is 12.8 Å².